The second kappa shape index (κ2) is 4.82. The lowest BCUT2D eigenvalue weighted by Gasteiger charge is -2.13. The monoisotopic (exact) mass is 246 g/mol. The third-order valence-electron chi connectivity index (χ3n) is 2.33. The normalized spacial score (nSPS) is 15.7. The minimum absolute atomic E-state index is 0.414. The maximum atomic E-state index is 9.80. The van der Waals surface area contributed by atoms with E-state index in [1.54, 1.807) is 12.3 Å². The quantitative estimate of drug-likeness (QED) is 0.883. The van der Waals surface area contributed by atoms with Crippen molar-refractivity contribution in [2.24, 2.45) is 5.92 Å². The van der Waals surface area contributed by atoms with Crippen LogP contribution in [0.15, 0.2) is 21.4 Å². The Labute approximate surface area is 87.1 Å². The summed E-state index contributed by atoms with van der Waals surface area (Å²) < 4.78 is 5.70. The van der Waals surface area contributed by atoms with Gasteiger partial charge in [-0.2, -0.15) is 0 Å². The van der Waals surface area contributed by atoms with Gasteiger partial charge in [0, 0.05) is 5.56 Å². The predicted octanol–water partition coefficient (Wildman–Crippen LogP) is 3.51. The van der Waals surface area contributed by atoms with Crippen LogP contribution in [0.5, 0.6) is 0 Å². The van der Waals surface area contributed by atoms with Crippen molar-refractivity contribution in [2.75, 3.05) is 0 Å². The van der Waals surface area contributed by atoms with Crippen LogP contribution >= 0.6 is 15.9 Å². The summed E-state index contributed by atoms with van der Waals surface area (Å²) in [5.41, 5.74) is 0.848. The van der Waals surface area contributed by atoms with E-state index >= 15 is 0 Å². The number of rotatable bonds is 4. The van der Waals surface area contributed by atoms with E-state index in [-0.39, 0.29) is 0 Å². The van der Waals surface area contributed by atoms with Gasteiger partial charge in [-0.1, -0.05) is 20.3 Å². The molecule has 3 heteroatoms. The van der Waals surface area contributed by atoms with Crippen LogP contribution in [-0.4, -0.2) is 5.11 Å². The van der Waals surface area contributed by atoms with Gasteiger partial charge in [0.1, 0.15) is 0 Å². The van der Waals surface area contributed by atoms with Gasteiger partial charge in [0.15, 0.2) is 4.67 Å². The molecule has 0 spiro atoms. The van der Waals surface area contributed by atoms with Crippen LogP contribution in [0.25, 0.3) is 0 Å². The lowest BCUT2D eigenvalue weighted by atomic mass is 9.98. The summed E-state index contributed by atoms with van der Waals surface area (Å²) in [6.45, 7) is 4.26. The van der Waals surface area contributed by atoms with Crippen LogP contribution in [0.3, 0.4) is 0 Å². The SMILES string of the molecule is CCC(C)CC(O)c1ccoc1Br. The van der Waals surface area contributed by atoms with Crippen molar-refractivity contribution < 1.29 is 9.52 Å². The van der Waals surface area contributed by atoms with Crippen molar-refractivity contribution in [1.29, 1.82) is 0 Å². The van der Waals surface area contributed by atoms with Crippen molar-refractivity contribution in [3.63, 3.8) is 0 Å². The van der Waals surface area contributed by atoms with Gasteiger partial charge < -0.3 is 9.52 Å². The molecule has 0 saturated carbocycles. The van der Waals surface area contributed by atoms with Gasteiger partial charge in [-0.05, 0) is 34.3 Å². The fourth-order valence-electron chi connectivity index (χ4n) is 1.22. The average molecular weight is 247 g/mol. The van der Waals surface area contributed by atoms with Crippen molar-refractivity contribution in [3.8, 4) is 0 Å². The molecule has 0 fully saturated rings. The van der Waals surface area contributed by atoms with E-state index < -0.39 is 6.10 Å². The number of hydrogen-bond donors (Lipinski definition) is 1. The number of aliphatic hydroxyl groups is 1. The van der Waals surface area contributed by atoms with E-state index in [0.717, 1.165) is 18.4 Å². The van der Waals surface area contributed by atoms with E-state index in [2.05, 4.69) is 29.8 Å². The van der Waals surface area contributed by atoms with Crippen molar-refractivity contribution in [3.05, 3.63) is 22.6 Å². The Kier molecular flexibility index (Phi) is 4.00. The fourth-order valence-corrected chi connectivity index (χ4v) is 1.72. The molecular weight excluding hydrogens is 232 g/mol. The molecule has 0 amide bonds. The number of halogens is 1. The smallest absolute Gasteiger partial charge is 0.174 e. The maximum Gasteiger partial charge on any atom is 0.174 e. The first kappa shape index (κ1) is 10.8. The maximum absolute atomic E-state index is 9.80. The topological polar surface area (TPSA) is 33.4 Å². The molecule has 0 aliphatic carbocycles. The highest BCUT2D eigenvalue weighted by Crippen LogP contribution is 2.29. The fraction of sp³-hybridized carbons (Fsp3) is 0.600. The Morgan fingerprint density at radius 3 is 2.77 bits per heavy atom. The Morgan fingerprint density at radius 1 is 1.62 bits per heavy atom. The third-order valence-corrected chi connectivity index (χ3v) is 2.97. The summed E-state index contributed by atoms with van der Waals surface area (Å²) in [7, 11) is 0. The van der Waals surface area contributed by atoms with Gasteiger partial charge in [0.05, 0.1) is 12.4 Å². The Morgan fingerprint density at radius 2 is 2.31 bits per heavy atom. The number of furan rings is 1. The molecule has 0 aromatic carbocycles. The Balaban J connectivity index is 2.58. The lowest BCUT2D eigenvalue weighted by Crippen LogP contribution is -2.03. The van der Waals surface area contributed by atoms with E-state index in [4.69, 9.17) is 4.42 Å². The van der Waals surface area contributed by atoms with E-state index in [1.807, 2.05) is 0 Å². The van der Waals surface area contributed by atoms with Crippen LogP contribution in [0, 0.1) is 5.92 Å². The molecular formula is C10H15BrO2. The van der Waals surface area contributed by atoms with E-state index in [0.29, 0.717) is 10.6 Å². The minimum Gasteiger partial charge on any atom is -0.457 e. The molecule has 2 unspecified atom stereocenters. The molecule has 0 radical (unpaired) electrons. The molecule has 13 heavy (non-hydrogen) atoms. The summed E-state index contributed by atoms with van der Waals surface area (Å²) >= 11 is 3.25. The van der Waals surface area contributed by atoms with Gasteiger partial charge in [-0.25, -0.2) is 0 Å². The van der Waals surface area contributed by atoms with Crippen LogP contribution in [0.4, 0.5) is 0 Å². The number of aliphatic hydroxyl groups excluding tert-OH is 1. The van der Waals surface area contributed by atoms with E-state index in [1.165, 1.54) is 0 Å². The zero-order chi connectivity index (χ0) is 9.84. The van der Waals surface area contributed by atoms with Crippen molar-refractivity contribution >= 4 is 15.9 Å². The second-order valence-corrected chi connectivity index (χ2v) is 4.13. The summed E-state index contributed by atoms with van der Waals surface area (Å²) in [6, 6.07) is 1.80. The first-order valence-electron chi connectivity index (χ1n) is 4.56. The zero-order valence-electron chi connectivity index (χ0n) is 7.96. The zero-order valence-corrected chi connectivity index (χ0v) is 9.54. The molecule has 1 aromatic heterocycles. The van der Waals surface area contributed by atoms with E-state index in [9.17, 15) is 5.11 Å². The molecule has 1 aromatic rings. The third kappa shape index (κ3) is 2.85. The Bertz CT molecular complexity index is 257. The van der Waals surface area contributed by atoms with Gasteiger partial charge in [0.2, 0.25) is 0 Å². The standard InChI is InChI=1S/C10H15BrO2/c1-3-7(2)6-9(12)8-4-5-13-10(8)11/h4-5,7,9,12H,3,6H2,1-2H3. The largest absolute Gasteiger partial charge is 0.457 e. The molecule has 0 aliphatic rings. The summed E-state index contributed by atoms with van der Waals surface area (Å²) in [5, 5.41) is 9.80. The van der Waals surface area contributed by atoms with Crippen LogP contribution in [-0.2, 0) is 0 Å². The molecule has 1 heterocycles. The van der Waals surface area contributed by atoms with Gasteiger partial charge >= 0.3 is 0 Å². The van der Waals surface area contributed by atoms with Gasteiger partial charge in [-0.15, -0.1) is 0 Å². The van der Waals surface area contributed by atoms with Crippen molar-refractivity contribution in [2.45, 2.75) is 32.8 Å². The van der Waals surface area contributed by atoms with Crippen LogP contribution in [0.2, 0.25) is 0 Å². The second-order valence-electron chi connectivity index (χ2n) is 3.41. The molecule has 2 atom stereocenters. The van der Waals surface area contributed by atoms with Crippen molar-refractivity contribution in [1.82, 2.24) is 0 Å². The summed E-state index contributed by atoms with van der Waals surface area (Å²) in [4.78, 5) is 0. The number of hydrogen-bond acceptors (Lipinski definition) is 2. The van der Waals surface area contributed by atoms with Crippen LogP contribution < -0.4 is 0 Å². The van der Waals surface area contributed by atoms with Gasteiger partial charge in [0.25, 0.3) is 0 Å². The molecule has 1 rings (SSSR count). The molecule has 2 nitrogen and oxygen atoms in total. The average Bonchev–Trinajstić information content (AvgIpc) is 2.51. The molecule has 0 saturated heterocycles. The minimum atomic E-state index is -0.414. The highest BCUT2D eigenvalue weighted by atomic mass is 79.9. The highest BCUT2D eigenvalue weighted by Gasteiger charge is 2.15. The molecule has 1 N–H and O–H groups in total. The van der Waals surface area contributed by atoms with Gasteiger partial charge in [-0.3, -0.25) is 0 Å². The Hall–Kier alpha value is -0.280. The lowest BCUT2D eigenvalue weighted by molar-refractivity contribution is 0.144. The molecule has 74 valence electrons. The predicted molar refractivity (Wildman–Crippen MR) is 55.4 cm³/mol. The first-order valence-corrected chi connectivity index (χ1v) is 5.35. The summed E-state index contributed by atoms with van der Waals surface area (Å²) in [5.74, 6) is 0.539. The summed E-state index contributed by atoms with van der Waals surface area (Å²) in [6.07, 6.45) is 3.04. The molecule has 0 bridgehead atoms. The molecule has 0 aliphatic heterocycles. The first-order chi connectivity index (χ1) is 6.15. The van der Waals surface area contributed by atoms with Crippen LogP contribution in [0.1, 0.15) is 38.4 Å². The highest BCUT2D eigenvalue weighted by molar-refractivity contribution is 9.10.